The van der Waals surface area contributed by atoms with Gasteiger partial charge in [-0.05, 0) is 31.9 Å². The van der Waals surface area contributed by atoms with Gasteiger partial charge in [0.25, 0.3) is 0 Å². The molecule has 0 aliphatic rings. The zero-order valence-electron chi connectivity index (χ0n) is 7.82. The van der Waals surface area contributed by atoms with Crippen LogP contribution in [0.1, 0.15) is 16.8 Å². The summed E-state index contributed by atoms with van der Waals surface area (Å²) in [6.07, 6.45) is 2.16. The van der Waals surface area contributed by atoms with Gasteiger partial charge in [-0.1, -0.05) is 22.5 Å². The van der Waals surface area contributed by atoms with E-state index in [1.165, 1.54) is 16.8 Å². The minimum absolute atomic E-state index is 0.862. The Labute approximate surface area is 82.2 Å². The van der Waals surface area contributed by atoms with E-state index in [1.54, 1.807) is 0 Å². The van der Waals surface area contributed by atoms with Crippen molar-refractivity contribution in [3.05, 3.63) is 34.1 Å². The number of hydrogen-bond donors (Lipinski definition) is 0. The molecule has 66 valence electrons. The molecule has 0 N–H and O–H groups in total. The Hall–Kier alpha value is -0.500. The zero-order chi connectivity index (χ0) is 9.30. The molecule has 2 heteroatoms. The van der Waals surface area contributed by atoms with Gasteiger partial charge in [-0.15, -0.1) is 0 Å². The fourth-order valence-electron chi connectivity index (χ4n) is 1.28. The van der Waals surface area contributed by atoms with Crippen molar-refractivity contribution in [2.75, 3.05) is 0 Å². The van der Waals surface area contributed by atoms with Crippen LogP contribution in [0, 0.1) is 20.8 Å². The second kappa shape index (κ2) is 3.48. The molecular weight excluding hydrogens is 214 g/mol. The van der Waals surface area contributed by atoms with Crippen LogP contribution in [-0.2, 0) is 6.54 Å². The molecule has 1 aromatic heterocycles. The summed E-state index contributed by atoms with van der Waals surface area (Å²) in [5.41, 5.74) is 4.05. The van der Waals surface area contributed by atoms with E-state index >= 15 is 0 Å². The summed E-state index contributed by atoms with van der Waals surface area (Å²) in [4.78, 5) is 0. The van der Waals surface area contributed by atoms with Crippen molar-refractivity contribution < 1.29 is 0 Å². The monoisotopic (exact) mass is 227 g/mol. The zero-order valence-corrected chi connectivity index (χ0v) is 9.40. The molecule has 1 nitrogen and oxygen atoms in total. The lowest BCUT2D eigenvalue weighted by Crippen LogP contribution is -1.97. The second-order valence-corrected chi connectivity index (χ2v) is 4.29. The third-order valence-corrected chi connectivity index (χ3v) is 2.51. The maximum atomic E-state index is 3.83. The van der Waals surface area contributed by atoms with Crippen LogP contribution in [0.3, 0.4) is 0 Å². The molecule has 0 unspecified atom stereocenters. The molecule has 1 aromatic rings. The van der Waals surface area contributed by atoms with E-state index in [2.05, 4.69) is 54.0 Å². The van der Waals surface area contributed by atoms with E-state index in [-0.39, 0.29) is 0 Å². The number of hydrogen-bond acceptors (Lipinski definition) is 0. The molecule has 0 spiro atoms. The van der Waals surface area contributed by atoms with Crippen LogP contribution in [0.2, 0.25) is 0 Å². The molecule has 0 aliphatic carbocycles. The predicted octanol–water partition coefficient (Wildman–Crippen LogP) is 3.32. The first-order chi connectivity index (χ1) is 5.52. The van der Waals surface area contributed by atoms with Gasteiger partial charge in [0.15, 0.2) is 0 Å². The lowest BCUT2D eigenvalue weighted by molar-refractivity contribution is 0.788. The second-order valence-electron chi connectivity index (χ2n) is 3.17. The van der Waals surface area contributed by atoms with Crippen LogP contribution >= 0.6 is 15.9 Å². The number of allylic oxidation sites excluding steroid dienone is 1. The summed E-state index contributed by atoms with van der Waals surface area (Å²) >= 11 is 3.36. The highest BCUT2D eigenvalue weighted by Crippen LogP contribution is 2.16. The first kappa shape index (κ1) is 9.59. The van der Waals surface area contributed by atoms with Crippen LogP contribution < -0.4 is 0 Å². The molecule has 0 amide bonds. The molecule has 0 aromatic carbocycles. The van der Waals surface area contributed by atoms with Crippen molar-refractivity contribution in [2.24, 2.45) is 0 Å². The fraction of sp³-hybridized carbons (Fsp3) is 0.400. The highest BCUT2D eigenvalue weighted by atomic mass is 79.9. The molecule has 0 saturated carbocycles. The smallest absolute Gasteiger partial charge is 0.0532 e. The Morgan fingerprint density at radius 3 is 2.42 bits per heavy atom. The summed E-state index contributed by atoms with van der Waals surface area (Å²) in [6.45, 7) is 11.1. The molecule has 0 fully saturated rings. The minimum atomic E-state index is 0.862. The van der Waals surface area contributed by atoms with E-state index in [0.29, 0.717) is 0 Å². The molecule has 0 saturated heterocycles. The van der Waals surface area contributed by atoms with E-state index in [4.69, 9.17) is 0 Å². The van der Waals surface area contributed by atoms with Gasteiger partial charge < -0.3 is 4.57 Å². The van der Waals surface area contributed by atoms with Gasteiger partial charge in [-0.2, -0.15) is 0 Å². The lowest BCUT2D eigenvalue weighted by atomic mass is 10.2. The molecule has 0 atom stereocenters. The Kier molecular flexibility index (Phi) is 2.78. The average molecular weight is 228 g/mol. The topological polar surface area (TPSA) is 4.93 Å². The number of nitrogens with zero attached hydrogens (tertiary/aromatic N) is 1. The van der Waals surface area contributed by atoms with E-state index in [9.17, 15) is 0 Å². The van der Waals surface area contributed by atoms with Crippen molar-refractivity contribution in [2.45, 2.75) is 27.3 Å². The van der Waals surface area contributed by atoms with Crippen molar-refractivity contribution in [3.8, 4) is 0 Å². The van der Waals surface area contributed by atoms with Crippen LogP contribution in [0.25, 0.3) is 0 Å². The molecule has 1 rings (SSSR count). The van der Waals surface area contributed by atoms with E-state index in [0.717, 1.165) is 11.0 Å². The van der Waals surface area contributed by atoms with Crippen LogP contribution in [-0.4, -0.2) is 4.57 Å². The Balaban J connectivity index is 3.01. The number of rotatable bonds is 2. The fourth-order valence-corrected chi connectivity index (χ4v) is 1.55. The lowest BCUT2D eigenvalue weighted by Gasteiger charge is -2.03. The highest BCUT2D eigenvalue weighted by molar-refractivity contribution is 9.11. The highest BCUT2D eigenvalue weighted by Gasteiger charge is 2.04. The van der Waals surface area contributed by atoms with Crippen molar-refractivity contribution in [1.29, 1.82) is 0 Å². The quantitative estimate of drug-likeness (QED) is 0.731. The van der Waals surface area contributed by atoms with Gasteiger partial charge in [0.05, 0.1) is 6.54 Å². The van der Waals surface area contributed by atoms with Crippen molar-refractivity contribution >= 4 is 15.9 Å². The summed E-state index contributed by atoms with van der Waals surface area (Å²) < 4.78 is 3.22. The van der Waals surface area contributed by atoms with Gasteiger partial charge in [0.1, 0.15) is 0 Å². The first-order valence-electron chi connectivity index (χ1n) is 3.98. The van der Waals surface area contributed by atoms with E-state index in [1.807, 2.05) is 0 Å². The normalized spacial score (nSPS) is 10.3. The number of halogens is 1. The van der Waals surface area contributed by atoms with Gasteiger partial charge in [0, 0.05) is 16.4 Å². The summed E-state index contributed by atoms with van der Waals surface area (Å²) in [5, 5.41) is 0. The van der Waals surface area contributed by atoms with Crippen LogP contribution in [0.15, 0.2) is 17.3 Å². The largest absolute Gasteiger partial charge is 0.346 e. The Morgan fingerprint density at radius 1 is 1.50 bits per heavy atom. The van der Waals surface area contributed by atoms with Crippen molar-refractivity contribution in [1.82, 2.24) is 4.57 Å². The standard InChI is InChI=1S/C10H14BrN/c1-7-5-12(6-8(2)11)10(4)9(7)3/h5H,2,6H2,1,3-4H3. The molecular formula is C10H14BrN. The number of aryl methyl sites for hydroxylation is 1. The molecule has 0 radical (unpaired) electrons. The summed E-state index contributed by atoms with van der Waals surface area (Å²) in [7, 11) is 0. The maximum Gasteiger partial charge on any atom is 0.0532 e. The van der Waals surface area contributed by atoms with E-state index < -0.39 is 0 Å². The first-order valence-corrected chi connectivity index (χ1v) is 4.78. The third kappa shape index (κ3) is 1.81. The van der Waals surface area contributed by atoms with Crippen LogP contribution in [0.5, 0.6) is 0 Å². The SMILES string of the molecule is C=C(Br)Cn1cc(C)c(C)c1C. The average Bonchev–Trinajstić information content (AvgIpc) is 2.17. The van der Waals surface area contributed by atoms with Gasteiger partial charge in [-0.3, -0.25) is 0 Å². The van der Waals surface area contributed by atoms with Gasteiger partial charge in [-0.25, -0.2) is 0 Å². The molecule has 12 heavy (non-hydrogen) atoms. The maximum absolute atomic E-state index is 3.83. The van der Waals surface area contributed by atoms with Gasteiger partial charge >= 0.3 is 0 Å². The summed E-state index contributed by atoms with van der Waals surface area (Å²) in [6, 6.07) is 0. The Bertz CT molecular complexity index is 310. The molecule has 1 heterocycles. The molecule has 0 bridgehead atoms. The minimum Gasteiger partial charge on any atom is -0.346 e. The van der Waals surface area contributed by atoms with Gasteiger partial charge in [0.2, 0.25) is 0 Å². The predicted molar refractivity (Wildman–Crippen MR) is 56.7 cm³/mol. The molecule has 0 aliphatic heterocycles. The van der Waals surface area contributed by atoms with Crippen molar-refractivity contribution in [3.63, 3.8) is 0 Å². The van der Waals surface area contributed by atoms with Crippen LogP contribution in [0.4, 0.5) is 0 Å². The number of aromatic nitrogens is 1. The summed E-state index contributed by atoms with van der Waals surface area (Å²) in [5.74, 6) is 0. The Morgan fingerprint density at radius 2 is 2.08 bits per heavy atom. The third-order valence-electron chi connectivity index (χ3n) is 2.26.